The number of aromatic nitrogens is 1. The van der Waals surface area contributed by atoms with Crippen LogP contribution in [0.4, 0.5) is 33.7 Å². The van der Waals surface area contributed by atoms with Crippen molar-refractivity contribution in [2.24, 2.45) is 0 Å². The van der Waals surface area contributed by atoms with Gasteiger partial charge in [0.05, 0.1) is 16.9 Å². The number of carbonyl (C=O) groups is 2. The number of pyridine rings is 1. The van der Waals surface area contributed by atoms with E-state index >= 15 is 0 Å². The van der Waals surface area contributed by atoms with Crippen molar-refractivity contribution in [3.05, 3.63) is 90.0 Å². The monoisotopic (exact) mass is 498 g/mol. The molecule has 0 radical (unpaired) electrons. The van der Waals surface area contributed by atoms with Gasteiger partial charge in [-0.15, -0.1) is 0 Å². The number of fused-ring (bicyclic) bond motifs is 1. The quantitative estimate of drug-likeness (QED) is 0.286. The number of urea groups is 1. The lowest BCUT2D eigenvalue weighted by Gasteiger charge is -2.15. The van der Waals surface area contributed by atoms with Crippen molar-refractivity contribution in [3.8, 4) is 11.5 Å². The zero-order chi connectivity index (χ0) is 25.9. The molecule has 0 aliphatic heterocycles. The minimum Gasteiger partial charge on any atom is -0.457 e. The van der Waals surface area contributed by atoms with Crippen molar-refractivity contribution < 1.29 is 31.9 Å². The molecule has 0 atom stereocenters. The van der Waals surface area contributed by atoms with E-state index in [4.69, 9.17) is 4.74 Å². The second-order valence-electron chi connectivity index (χ2n) is 7.49. The molecule has 3 aromatic carbocycles. The molecule has 0 spiro atoms. The Morgan fingerprint density at radius 1 is 0.889 bits per heavy atom. The van der Waals surface area contributed by atoms with Crippen LogP contribution in [0, 0.1) is 5.82 Å². The van der Waals surface area contributed by atoms with E-state index in [-0.39, 0.29) is 11.6 Å². The first-order chi connectivity index (χ1) is 17.2. The van der Waals surface area contributed by atoms with Crippen LogP contribution < -0.4 is 20.7 Å². The molecule has 0 aliphatic rings. The molecule has 36 heavy (non-hydrogen) atoms. The summed E-state index contributed by atoms with van der Waals surface area (Å²) in [5.74, 6) is -0.630. The summed E-state index contributed by atoms with van der Waals surface area (Å²) in [5, 5.41) is 8.26. The van der Waals surface area contributed by atoms with Crippen LogP contribution in [-0.4, -0.2) is 24.0 Å². The molecule has 0 unspecified atom stereocenters. The molecule has 7 nitrogen and oxygen atoms in total. The van der Waals surface area contributed by atoms with Crippen LogP contribution in [0.1, 0.15) is 16.1 Å². The van der Waals surface area contributed by atoms with E-state index in [1.807, 2.05) is 0 Å². The molecule has 184 valence electrons. The molecule has 11 heteroatoms. The number of rotatable bonds is 5. The molecule has 0 aliphatic carbocycles. The SMILES string of the molecule is CNC(=O)c1cc(Oc2ccc(NC(=O)Nc3cc(C(F)(F)F)ccc3F)c3ccccc23)ccn1. The van der Waals surface area contributed by atoms with Gasteiger partial charge in [-0.05, 0) is 36.4 Å². The lowest BCUT2D eigenvalue weighted by Crippen LogP contribution is -2.21. The normalized spacial score (nSPS) is 11.1. The molecule has 3 N–H and O–H groups in total. The predicted molar refractivity (Wildman–Crippen MR) is 126 cm³/mol. The van der Waals surface area contributed by atoms with E-state index in [1.54, 1.807) is 36.4 Å². The molecule has 0 saturated carbocycles. The van der Waals surface area contributed by atoms with Crippen molar-refractivity contribution in [2.75, 3.05) is 17.7 Å². The number of nitrogens with zero attached hydrogens (tertiary/aromatic N) is 1. The molecule has 0 bridgehead atoms. The number of hydrogen-bond donors (Lipinski definition) is 3. The number of amides is 3. The maximum Gasteiger partial charge on any atom is 0.416 e. The number of anilines is 2. The first-order valence-corrected chi connectivity index (χ1v) is 10.5. The summed E-state index contributed by atoms with van der Waals surface area (Å²) in [6.07, 6.45) is -3.27. The Morgan fingerprint density at radius 3 is 2.33 bits per heavy atom. The van der Waals surface area contributed by atoms with Gasteiger partial charge in [-0.2, -0.15) is 13.2 Å². The van der Waals surface area contributed by atoms with Crippen molar-refractivity contribution >= 4 is 34.1 Å². The van der Waals surface area contributed by atoms with Crippen molar-refractivity contribution in [3.63, 3.8) is 0 Å². The van der Waals surface area contributed by atoms with Gasteiger partial charge >= 0.3 is 12.2 Å². The van der Waals surface area contributed by atoms with Crippen molar-refractivity contribution in [1.82, 2.24) is 10.3 Å². The summed E-state index contributed by atoms with van der Waals surface area (Å²) in [5.41, 5.74) is -1.24. The third-order valence-electron chi connectivity index (χ3n) is 5.09. The second kappa shape index (κ2) is 9.90. The summed E-state index contributed by atoms with van der Waals surface area (Å²) in [6, 6.07) is 13.9. The number of alkyl halides is 3. The van der Waals surface area contributed by atoms with Gasteiger partial charge < -0.3 is 20.7 Å². The third kappa shape index (κ3) is 5.35. The molecule has 4 aromatic rings. The van der Waals surface area contributed by atoms with Gasteiger partial charge in [0.25, 0.3) is 5.91 Å². The standard InChI is InChI=1S/C25H18F4N4O3/c1-30-23(34)21-13-15(10-11-31-21)36-22-9-8-19(16-4-2-3-5-17(16)22)32-24(35)33-20-12-14(25(27,28)29)6-7-18(20)26/h2-13H,1H3,(H,30,34)(H2,32,33,35). The highest BCUT2D eigenvalue weighted by Crippen LogP contribution is 2.35. The summed E-state index contributed by atoms with van der Waals surface area (Å²) >= 11 is 0. The fourth-order valence-electron chi connectivity index (χ4n) is 3.40. The van der Waals surface area contributed by atoms with E-state index in [0.29, 0.717) is 46.2 Å². The molecule has 0 saturated heterocycles. The Labute approximate surface area is 202 Å². The van der Waals surface area contributed by atoms with Gasteiger partial charge in [0.2, 0.25) is 0 Å². The maximum absolute atomic E-state index is 14.0. The van der Waals surface area contributed by atoms with Crippen LogP contribution in [0.25, 0.3) is 10.8 Å². The van der Waals surface area contributed by atoms with Crippen LogP contribution in [0.5, 0.6) is 11.5 Å². The Bertz CT molecular complexity index is 1460. The molecule has 1 heterocycles. The van der Waals surface area contributed by atoms with Crippen LogP contribution in [0.3, 0.4) is 0 Å². The zero-order valence-corrected chi connectivity index (χ0v) is 18.6. The summed E-state index contributed by atoms with van der Waals surface area (Å²) in [7, 11) is 1.48. The Kier molecular flexibility index (Phi) is 6.73. The van der Waals surface area contributed by atoms with Gasteiger partial charge in [-0.3, -0.25) is 9.78 Å². The fraction of sp³-hybridized carbons (Fsp3) is 0.0800. The van der Waals surface area contributed by atoms with E-state index in [2.05, 4.69) is 20.9 Å². The Balaban J connectivity index is 1.58. The largest absolute Gasteiger partial charge is 0.457 e. The van der Waals surface area contributed by atoms with Gasteiger partial charge in [-0.25, -0.2) is 9.18 Å². The number of benzene rings is 3. The molecule has 4 rings (SSSR count). The molecule has 0 fully saturated rings. The van der Waals surface area contributed by atoms with Crippen molar-refractivity contribution in [2.45, 2.75) is 6.18 Å². The van der Waals surface area contributed by atoms with E-state index in [1.165, 1.54) is 25.4 Å². The zero-order valence-electron chi connectivity index (χ0n) is 18.6. The molecule has 1 aromatic heterocycles. The first-order valence-electron chi connectivity index (χ1n) is 10.5. The highest BCUT2D eigenvalue weighted by atomic mass is 19.4. The number of nitrogens with one attached hydrogen (secondary N) is 3. The summed E-state index contributed by atoms with van der Waals surface area (Å²) in [4.78, 5) is 28.3. The summed E-state index contributed by atoms with van der Waals surface area (Å²) in [6.45, 7) is 0. The average molecular weight is 498 g/mol. The molecular formula is C25H18F4N4O3. The van der Waals surface area contributed by atoms with Crippen molar-refractivity contribution in [1.29, 1.82) is 0 Å². The Morgan fingerprint density at radius 2 is 1.61 bits per heavy atom. The van der Waals surface area contributed by atoms with Crippen LogP contribution >= 0.6 is 0 Å². The van der Waals surface area contributed by atoms with Gasteiger partial charge in [0.1, 0.15) is 23.0 Å². The molecular weight excluding hydrogens is 480 g/mol. The Hall–Kier alpha value is -4.67. The first kappa shape index (κ1) is 24.5. The lowest BCUT2D eigenvalue weighted by molar-refractivity contribution is -0.137. The predicted octanol–water partition coefficient (Wildman–Crippen LogP) is 6.19. The van der Waals surface area contributed by atoms with E-state index in [9.17, 15) is 27.2 Å². The minimum absolute atomic E-state index is 0.163. The van der Waals surface area contributed by atoms with Crippen LogP contribution in [-0.2, 0) is 6.18 Å². The summed E-state index contributed by atoms with van der Waals surface area (Å²) < 4.78 is 58.8. The number of hydrogen-bond acceptors (Lipinski definition) is 4. The van der Waals surface area contributed by atoms with Gasteiger partial charge in [0.15, 0.2) is 0 Å². The van der Waals surface area contributed by atoms with Gasteiger partial charge in [-0.1, -0.05) is 24.3 Å². The van der Waals surface area contributed by atoms with Crippen LogP contribution in [0.15, 0.2) is 72.9 Å². The fourth-order valence-corrected chi connectivity index (χ4v) is 3.40. The van der Waals surface area contributed by atoms with Crippen LogP contribution in [0.2, 0.25) is 0 Å². The van der Waals surface area contributed by atoms with Gasteiger partial charge in [0, 0.05) is 30.1 Å². The van der Waals surface area contributed by atoms with E-state index < -0.39 is 29.3 Å². The lowest BCUT2D eigenvalue weighted by atomic mass is 10.1. The third-order valence-corrected chi connectivity index (χ3v) is 5.09. The maximum atomic E-state index is 14.0. The highest BCUT2D eigenvalue weighted by Gasteiger charge is 2.31. The smallest absolute Gasteiger partial charge is 0.416 e. The van der Waals surface area contributed by atoms with E-state index in [0.717, 1.165) is 0 Å². The second-order valence-corrected chi connectivity index (χ2v) is 7.49. The average Bonchev–Trinajstić information content (AvgIpc) is 2.86. The highest BCUT2D eigenvalue weighted by molar-refractivity contribution is 6.07. The minimum atomic E-state index is -4.69. The number of halogens is 4. The topological polar surface area (TPSA) is 92.4 Å². The number of ether oxygens (including phenoxy) is 1. The number of carbonyl (C=O) groups excluding carboxylic acids is 2. The molecule has 3 amide bonds.